The number of rotatable bonds is 5. The summed E-state index contributed by atoms with van der Waals surface area (Å²) in [5.41, 5.74) is -4.36. The maximum absolute atomic E-state index is 14.1. The molecule has 1 unspecified atom stereocenters. The molecule has 11 nitrogen and oxygen atoms in total. The average Bonchev–Trinajstić information content (AvgIpc) is 3.01. The minimum Gasteiger partial charge on any atom is -0.387 e. The highest BCUT2D eigenvalue weighted by Crippen LogP contribution is 2.62. The van der Waals surface area contributed by atoms with Crippen molar-refractivity contribution in [3.8, 4) is 5.75 Å². The highest BCUT2D eigenvalue weighted by atomic mass is 35.5. The summed E-state index contributed by atoms with van der Waals surface area (Å²) in [6.07, 6.45) is -8.85. The zero-order valence-electron chi connectivity index (χ0n) is 15.9. The minimum atomic E-state index is -4.14. The lowest BCUT2D eigenvalue weighted by Gasteiger charge is -2.31. The van der Waals surface area contributed by atoms with Gasteiger partial charge in [-0.2, -0.15) is 4.89 Å². The van der Waals surface area contributed by atoms with Gasteiger partial charge in [-0.1, -0.05) is 29.8 Å². The molecule has 0 saturated carbocycles. The first kappa shape index (κ1) is 23.2. The van der Waals surface area contributed by atoms with Crippen molar-refractivity contribution in [1.29, 1.82) is 0 Å². The van der Waals surface area contributed by atoms with E-state index in [4.69, 9.17) is 29.9 Å². The third-order valence-corrected chi connectivity index (χ3v) is 6.65. The molecule has 1 saturated heterocycles. The van der Waals surface area contributed by atoms with Crippen molar-refractivity contribution in [1.82, 2.24) is 9.55 Å². The van der Waals surface area contributed by atoms with Gasteiger partial charge in [-0.05, 0) is 6.07 Å². The van der Waals surface area contributed by atoms with Crippen LogP contribution in [0.5, 0.6) is 5.75 Å². The lowest BCUT2D eigenvalue weighted by molar-refractivity contribution is -0.195. The van der Waals surface area contributed by atoms with Crippen molar-refractivity contribution in [3.63, 3.8) is 0 Å². The molecular weight excluding hydrogens is 481 g/mol. The van der Waals surface area contributed by atoms with Crippen molar-refractivity contribution >= 4 is 19.8 Å². The number of fused-ring (bicyclic) bond motifs is 1. The average molecular weight is 498 g/mol. The van der Waals surface area contributed by atoms with Crippen LogP contribution in [-0.2, 0) is 20.4 Å². The number of H-pyrrole nitrogens is 1. The number of aliphatic hydroxyl groups excluding tert-OH is 2. The van der Waals surface area contributed by atoms with Crippen LogP contribution in [-0.4, -0.2) is 55.5 Å². The Morgan fingerprint density at radius 3 is 2.78 bits per heavy atom. The van der Waals surface area contributed by atoms with E-state index < -0.39 is 61.5 Å². The first-order valence-electron chi connectivity index (χ1n) is 9.08. The fourth-order valence-electron chi connectivity index (χ4n) is 3.30. The summed E-state index contributed by atoms with van der Waals surface area (Å²) >= 11 is 5.67. The first-order chi connectivity index (χ1) is 15.1. The Bertz CT molecular complexity index is 1130. The molecule has 1 fully saturated rings. The lowest BCUT2D eigenvalue weighted by Crippen LogP contribution is -2.52. The molecule has 0 bridgehead atoms. The van der Waals surface area contributed by atoms with Gasteiger partial charge in [0.15, 0.2) is 17.6 Å². The zero-order chi connectivity index (χ0) is 23.3. The predicted octanol–water partition coefficient (Wildman–Crippen LogP) is 0.740. The molecule has 0 spiro atoms. The van der Waals surface area contributed by atoms with Gasteiger partial charge in [0.2, 0.25) is 0 Å². The van der Waals surface area contributed by atoms with Gasteiger partial charge in [-0.3, -0.25) is 18.9 Å². The molecule has 1 aromatic carbocycles. The SMILES string of the molecule is O=c1[nH]c(=O)n([C@@H]2O[C@@](CO[P+]3(O)OCc4ccccc4O3)(C(F)F)[C@@H](O)[C@H]2O)cc1Cl. The monoisotopic (exact) mass is 497 g/mol. The van der Waals surface area contributed by atoms with Crippen LogP contribution in [0.3, 0.4) is 0 Å². The summed E-state index contributed by atoms with van der Waals surface area (Å²) in [6.45, 7) is -1.29. The smallest absolute Gasteiger partial charge is 0.387 e. The summed E-state index contributed by atoms with van der Waals surface area (Å²) in [4.78, 5) is 35.8. The topological polar surface area (TPSA) is 152 Å². The second-order valence-corrected chi connectivity index (χ2v) is 9.10. The van der Waals surface area contributed by atoms with Crippen LogP contribution < -0.4 is 15.8 Å². The number of hydrogen-bond donors (Lipinski definition) is 4. The van der Waals surface area contributed by atoms with E-state index in [9.17, 15) is 33.5 Å². The summed E-state index contributed by atoms with van der Waals surface area (Å²) in [7, 11) is -4.14. The number of halogens is 3. The molecule has 32 heavy (non-hydrogen) atoms. The molecule has 174 valence electrons. The molecule has 5 atom stereocenters. The normalized spacial score (nSPS) is 32.0. The lowest BCUT2D eigenvalue weighted by atomic mass is 9.96. The molecule has 0 aliphatic carbocycles. The molecule has 4 N–H and O–H groups in total. The Morgan fingerprint density at radius 1 is 1.34 bits per heavy atom. The van der Waals surface area contributed by atoms with E-state index in [1.807, 2.05) is 4.98 Å². The summed E-state index contributed by atoms with van der Waals surface area (Å²) in [5.74, 6) is 0.223. The Balaban J connectivity index is 1.59. The van der Waals surface area contributed by atoms with Crippen molar-refractivity contribution < 1.29 is 42.2 Å². The van der Waals surface area contributed by atoms with Crippen molar-refractivity contribution in [3.05, 3.63) is 61.9 Å². The summed E-state index contributed by atoms with van der Waals surface area (Å²) in [6, 6.07) is 6.50. The van der Waals surface area contributed by atoms with Crippen molar-refractivity contribution in [2.24, 2.45) is 0 Å². The van der Waals surface area contributed by atoms with Crippen LogP contribution >= 0.6 is 19.8 Å². The van der Waals surface area contributed by atoms with Crippen LogP contribution in [0, 0.1) is 0 Å². The second kappa shape index (κ2) is 8.43. The van der Waals surface area contributed by atoms with Crippen molar-refractivity contribution in [2.45, 2.75) is 37.1 Å². The zero-order valence-corrected chi connectivity index (χ0v) is 17.6. The Kier molecular flexibility index (Phi) is 6.11. The van der Waals surface area contributed by atoms with Crippen molar-refractivity contribution in [2.75, 3.05) is 6.61 Å². The van der Waals surface area contributed by atoms with Crippen LogP contribution in [0.2, 0.25) is 5.02 Å². The molecule has 2 aromatic rings. The molecule has 2 aliphatic rings. The predicted molar refractivity (Wildman–Crippen MR) is 104 cm³/mol. The maximum Gasteiger partial charge on any atom is 0.619 e. The number of aromatic amines is 1. The van der Waals surface area contributed by atoms with E-state index in [1.165, 1.54) is 6.07 Å². The maximum atomic E-state index is 14.1. The van der Waals surface area contributed by atoms with Gasteiger partial charge in [0.25, 0.3) is 12.0 Å². The number of aromatic nitrogens is 2. The molecule has 3 heterocycles. The third-order valence-electron chi connectivity index (χ3n) is 5.05. The number of nitrogens with zero attached hydrogens (tertiary/aromatic N) is 1. The minimum absolute atomic E-state index is 0.123. The highest BCUT2D eigenvalue weighted by Gasteiger charge is 2.64. The van der Waals surface area contributed by atoms with E-state index in [2.05, 4.69) is 0 Å². The largest absolute Gasteiger partial charge is 0.619 e. The first-order valence-corrected chi connectivity index (χ1v) is 10.9. The number of hydrogen-bond acceptors (Lipinski definition) is 9. The van der Waals surface area contributed by atoms with E-state index in [1.54, 1.807) is 18.2 Å². The Labute approximate surface area is 183 Å². The third kappa shape index (κ3) is 3.95. The molecule has 2 aliphatic heterocycles. The fourth-order valence-corrected chi connectivity index (χ4v) is 4.73. The Hall–Kier alpha value is -1.96. The molecule has 0 amide bonds. The van der Waals surface area contributed by atoms with Gasteiger partial charge in [-0.25, -0.2) is 13.6 Å². The highest BCUT2D eigenvalue weighted by molar-refractivity contribution is 7.55. The van der Waals surface area contributed by atoms with Gasteiger partial charge >= 0.3 is 13.9 Å². The molecule has 4 rings (SSSR count). The van der Waals surface area contributed by atoms with Crippen LogP contribution in [0.25, 0.3) is 0 Å². The van der Waals surface area contributed by atoms with E-state index in [-0.39, 0.29) is 12.4 Å². The van der Waals surface area contributed by atoms with E-state index >= 15 is 0 Å². The van der Waals surface area contributed by atoms with Crippen LogP contribution in [0.15, 0.2) is 40.1 Å². The van der Waals surface area contributed by atoms with E-state index in [0.717, 1.165) is 6.20 Å². The van der Waals surface area contributed by atoms with Gasteiger partial charge in [-0.15, -0.1) is 9.05 Å². The summed E-state index contributed by atoms with van der Waals surface area (Å²) in [5, 5.41) is 20.2. The molecular formula is C17H17ClF2N2O9P+. The Morgan fingerprint density at radius 2 is 2.06 bits per heavy atom. The molecule has 0 radical (unpaired) electrons. The molecule has 15 heteroatoms. The number of ether oxygens (including phenoxy) is 1. The van der Waals surface area contributed by atoms with Gasteiger partial charge in [0, 0.05) is 11.8 Å². The van der Waals surface area contributed by atoms with Crippen LogP contribution in [0.1, 0.15) is 11.8 Å². The van der Waals surface area contributed by atoms with E-state index in [0.29, 0.717) is 10.1 Å². The number of nitrogens with one attached hydrogen (secondary N) is 1. The second-order valence-electron chi connectivity index (χ2n) is 7.06. The number of aliphatic hydroxyl groups is 2. The number of benzene rings is 1. The standard InChI is InChI=1S/C17H16ClF2N2O9P/c18-9-5-22(16(26)21-13(9)25)14-11(23)12(24)17(30-14,15(19)20)7-29-32(27)28-6-8-3-1-2-4-10(8)31-32/h1-5,11-12,14-15,23-24,27H,6-7H2/p+1/t11-,12+,14-,17-,32?/m1/s1. The summed E-state index contributed by atoms with van der Waals surface area (Å²) < 4.78 is 49.5. The van der Waals surface area contributed by atoms with Gasteiger partial charge in [0.05, 0.1) is 0 Å². The number of alkyl halides is 2. The van der Waals surface area contributed by atoms with Gasteiger partial charge < -0.3 is 14.9 Å². The number of para-hydroxylation sites is 1. The van der Waals surface area contributed by atoms with Crippen LogP contribution in [0.4, 0.5) is 8.78 Å². The van der Waals surface area contributed by atoms with Gasteiger partial charge in [0.1, 0.15) is 30.4 Å². The quantitative estimate of drug-likeness (QED) is 0.438. The fraction of sp³-hybridized carbons (Fsp3) is 0.412. The molecule has 1 aromatic heterocycles.